The van der Waals surface area contributed by atoms with E-state index < -0.39 is 0 Å². The molecule has 0 amide bonds. The van der Waals surface area contributed by atoms with Crippen LogP contribution in [0.4, 0.5) is 0 Å². The van der Waals surface area contributed by atoms with Crippen molar-refractivity contribution >= 4 is 41.3 Å². The molecule has 0 aromatic carbocycles. The number of thiazole rings is 1. The maximum Gasteiger partial charge on any atom is 0.188 e. The monoisotopic (exact) mass is 394 g/mol. The van der Waals surface area contributed by atoms with Crippen molar-refractivity contribution in [2.45, 2.75) is 32.6 Å². The molecule has 0 saturated carbocycles. The van der Waals surface area contributed by atoms with Gasteiger partial charge in [-0.05, 0) is 0 Å². The summed E-state index contributed by atoms with van der Waals surface area (Å²) in [6, 6.07) is 0. The number of rotatable bonds is 5. The fraction of sp³-hybridized carbons (Fsp3) is 0.538. The first kappa shape index (κ1) is 18.4. The molecule has 19 heavy (non-hydrogen) atoms. The van der Waals surface area contributed by atoms with Crippen LogP contribution in [-0.2, 0) is 11.8 Å². The Morgan fingerprint density at radius 1 is 1.58 bits per heavy atom. The number of nitrogens with zero attached hydrogens (tertiary/aromatic N) is 2. The minimum Gasteiger partial charge on any atom is -0.370 e. The quantitative estimate of drug-likeness (QED) is 0.349. The summed E-state index contributed by atoms with van der Waals surface area (Å²) in [6.07, 6.45) is 2.57. The summed E-state index contributed by atoms with van der Waals surface area (Å²) in [6.45, 7) is 11.4. The largest absolute Gasteiger partial charge is 0.370 e. The molecule has 0 spiro atoms. The third-order valence-electron chi connectivity index (χ3n) is 2.27. The molecule has 1 heterocycles. The molecule has 1 rings (SSSR count). The van der Waals surface area contributed by atoms with E-state index in [1.54, 1.807) is 17.4 Å². The number of guanidine groups is 1. The molecule has 0 unspecified atom stereocenters. The summed E-state index contributed by atoms with van der Waals surface area (Å²) in [5.74, 6) is 0.459. The predicted octanol–water partition coefficient (Wildman–Crippen LogP) is 2.69. The summed E-state index contributed by atoms with van der Waals surface area (Å²) in [5.41, 5.74) is 6.88. The van der Waals surface area contributed by atoms with E-state index in [4.69, 9.17) is 5.73 Å². The van der Waals surface area contributed by atoms with E-state index in [2.05, 4.69) is 48.0 Å². The highest BCUT2D eigenvalue weighted by Crippen LogP contribution is 2.25. The molecular formula is C13H23IN4S. The Hall–Kier alpha value is -0.630. The summed E-state index contributed by atoms with van der Waals surface area (Å²) in [7, 11) is 0. The molecule has 0 aliphatic carbocycles. The van der Waals surface area contributed by atoms with E-state index in [0.29, 0.717) is 19.0 Å². The van der Waals surface area contributed by atoms with Crippen LogP contribution in [0.2, 0.25) is 0 Å². The lowest BCUT2D eigenvalue weighted by Gasteiger charge is -2.13. The lowest BCUT2D eigenvalue weighted by atomic mass is 9.98. The SMILES string of the molecule is C=CCNC(N)=NCCc1csc(C(C)(C)C)n1.I. The van der Waals surface area contributed by atoms with Gasteiger partial charge in [0.1, 0.15) is 0 Å². The zero-order valence-electron chi connectivity index (χ0n) is 11.8. The minimum absolute atomic E-state index is 0. The van der Waals surface area contributed by atoms with Crippen molar-refractivity contribution in [3.63, 3.8) is 0 Å². The van der Waals surface area contributed by atoms with E-state index >= 15 is 0 Å². The van der Waals surface area contributed by atoms with Gasteiger partial charge < -0.3 is 11.1 Å². The molecule has 0 aliphatic rings. The van der Waals surface area contributed by atoms with Crippen LogP contribution in [0.15, 0.2) is 23.0 Å². The Morgan fingerprint density at radius 2 is 2.26 bits per heavy atom. The standard InChI is InChI=1S/C13H22N4S.HI/c1-5-7-15-12(14)16-8-6-10-9-18-11(17-10)13(2,3)4;/h5,9H,1,6-8H2,2-4H3,(H3,14,15,16);1H. The van der Waals surface area contributed by atoms with Crippen molar-refractivity contribution in [3.8, 4) is 0 Å². The lowest BCUT2D eigenvalue weighted by molar-refractivity contribution is 0.583. The topological polar surface area (TPSA) is 63.3 Å². The molecule has 108 valence electrons. The number of halogens is 1. The average Bonchev–Trinajstić information content (AvgIpc) is 2.74. The maximum atomic E-state index is 5.67. The number of nitrogens with one attached hydrogen (secondary N) is 1. The smallest absolute Gasteiger partial charge is 0.188 e. The first-order chi connectivity index (χ1) is 8.43. The molecule has 1 aromatic rings. The van der Waals surface area contributed by atoms with Crippen molar-refractivity contribution in [3.05, 3.63) is 28.7 Å². The molecule has 0 aliphatic heterocycles. The molecular weight excluding hydrogens is 371 g/mol. The van der Waals surface area contributed by atoms with Gasteiger partial charge in [0.05, 0.1) is 10.7 Å². The van der Waals surface area contributed by atoms with Crippen LogP contribution in [0.3, 0.4) is 0 Å². The van der Waals surface area contributed by atoms with Gasteiger partial charge in [-0.3, -0.25) is 4.99 Å². The highest BCUT2D eigenvalue weighted by molar-refractivity contribution is 14.0. The third kappa shape index (κ3) is 6.91. The predicted molar refractivity (Wildman–Crippen MR) is 94.6 cm³/mol. The first-order valence-corrected chi connectivity index (χ1v) is 6.91. The molecule has 0 bridgehead atoms. The van der Waals surface area contributed by atoms with Gasteiger partial charge in [-0.25, -0.2) is 4.98 Å². The van der Waals surface area contributed by atoms with Crippen molar-refractivity contribution in [2.75, 3.05) is 13.1 Å². The van der Waals surface area contributed by atoms with Gasteiger partial charge in [0.25, 0.3) is 0 Å². The Bertz CT molecular complexity index is 421. The summed E-state index contributed by atoms with van der Waals surface area (Å²) < 4.78 is 0. The Morgan fingerprint density at radius 3 is 2.79 bits per heavy atom. The average molecular weight is 394 g/mol. The Balaban J connectivity index is 0.00000324. The molecule has 0 fully saturated rings. The summed E-state index contributed by atoms with van der Waals surface area (Å²) in [4.78, 5) is 8.84. The molecule has 0 radical (unpaired) electrons. The Labute approximate surface area is 136 Å². The number of aromatic nitrogens is 1. The number of hydrogen-bond donors (Lipinski definition) is 2. The normalized spacial score (nSPS) is 11.8. The van der Waals surface area contributed by atoms with E-state index in [1.165, 1.54) is 5.01 Å². The van der Waals surface area contributed by atoms with Crippen LogP contribution in [0.25, 0.3) is 0 Å². The van der Waals surface area contributed by atoms with Gasteiger partial charge in [-0.15, -0.1) is 41.9 Å². The second-order valence-corrected chi connectivity index (χ2v) is 5.94. The molecule has 4 nitrogen and oxygen atoms in total. The van der Waals surface area contributed by atoms with Gasteiger partial charge in [0.15, 0.2) is 5.96 Å². The second kappa shape index (κ2) is 8.52. The van der Waals surface area contributed by atoms with Gasteiger partial charge >= 0.3 is 0 Å². The Kier molecular flexibility index (Phi) is 8.24. The van der Waals surface area contributed by atoms with Gasteiger partial charge in [0.2, 0.25) is 0 Å². The summed E-state index contributed by atoms with van der Waals surface area (Å²) >= 11 is 1.71. The van der Waals surface area contributed by atoms with E-state index in [9.17, 15) is 0 Å². The highest BCUT2D eigenvalue weighted by atomic mass is 127. The fourth-order valence-electron chi connectivity index (χ4n) is 1.29. The van der Waals surface area contributed by atoms with Crippen LogP contribution in [-0.4, -0.2) is 24.0 Å². The lowest BCUT2D eigenvalue weighted by Crippen LogP contribution is -2.31. The van der Waals surface area contributed by atoms with Gasteiger partial charge in [-0.1, -0.05) is 26.8 Å². The van der Waals surface area contributed by atoms with Gasteiger partial charge in [-0.2, -0.15) is 0 Å². The number of hydrogen-bond acceptors (Lipinski definition) is 3. The first-order valence-electron chi connectivity index (χ1n) is 6.03. The van der Waals surface area contributed by atoms with Crippen LogP contribution in [0.1, 0.15) is 31.5 Å². The van der Waals surface area contributed by atoms with Crippen molar-refractivity contribution in [2.24, 2.45) is 10.7 Å². The van der Waals surface area contributed by atoms with Crippen molar-refractivity contribution in [1.82, 2.24) is 10.3 Å². The minimum atomic E-state index is 0. The fourth-order valence-corrected chi connectivity index (χ4v) is 2.23. The van der Waals surface area contributed by atoms with E-state index in [0.717, 1.165) is 12.1 Å². The van der Waals surface area contributed by atoms with Crippen LogP contribution < -0.4 is 11.1 Å². The van der Waals surface area contributed by atoms with E-state index in [1.807, 2.05) is 0 Å². The molecule has 1 aromatic heterocycles. The summed E-state index contributed by atoms with van der Waals surface area (Å²) in [5, 5.41) is 6.21. The van der Waals surface area contributed by atoms with Crippen molar-refractivity contribution < 1.29 is 0 Å². The second-order valence-electron chi connectivity index (χ2n) is 5.08. The van der Waals surface area contributed by atoms with E-state index in [-0.39, 0.29) is 29.4 Å². The van der Waals surface area contributed by atoms with Crippen LogP contribution in [0.5, 0.6) is 0 Å². The molecule has 0 saturated heterocycles. The zero-order valence-corrected chi connectivity index (χ0v) is 14.9. The molecule has 6 heteroatoms. The van der Waals surface area contributed by atoms with Crippen LogP contribution in [0, 0.1) is 0 Å². The van der Waals surface area contributed by atoms with Crippen LogP contribution >= 0.6 is 35.3 Å². The van der Waals surface area contributed by atoms with Crippen molar-refractivity contribution in [1.29, 1.82) is 0 Å². The molecule has 0 atom stereocenters. The third-order valence-corrected chi connectivity index (χ3v) is 3.59. The number of aliphatic imine (C=N–C) groups is 1. The highest BCUT2D eigenvalue weighted by Gasteiger charge is 2.17. The van der Waals surface area contributed by atoms with Gasteiger partial charge in [0, 0.05) is 30.3 Å². The maximum absolute atomic E-state index is 5.67. The number of nitrogens with two attached hydrogens (primary N) is 1. The zero-order chi connectivity index (χ0) is 13.6. The molecule has 3 N–H and O–H groups in total.